The minimum atomic E-state index is -0.214. The first-order chi connectivity index (χ1) is 11.9. The number of nitrogens with zero attached hydrogens (tertiary/aromatic N) is 5. The van der Waals surface area contributed by atoms with Gasteiger partial charge in [0.25, 0.3) is 0 Å². The van der Waals surface area contributed by atoms with Crippen molar-refractivity contribution in [1.82, 2.24) is 20.2 Å². The van der Waals surface area contributed by atoms with Crippen molar-refractivity contribution in [1.29, 1.82) is 0 Å². The number of amides is 2. The van der Waals surface area contributed by atoms with E-state index in [1.165, 1.54) is 0 Å². The number of anilines is 2. The van der Waals surface area contributed by atoms with Crippen LogP contribution in [0.5, 0.6) is 0 Å². The van der Waals surface area contributed by atoms with Crippen LogP contribution in [0.2, 0.25) is 0 Å². The topological polar surface area (TPSA) is 73.8 Å². The molecule has 0 atom stereocenters. The summed E-state index contributed by atoms with van der Waals surface area (Å²) in [5.74, 6) is 1.87. The zero-order valence-corrected chi connectivity index (χ0v) is 15.4. The number of rotatable bonds is 2. The van der Waals surface area contributed by atoms with Crippen molar-refractivity contribution in [2.24, 2.45) is 0 Å². The molecule has 1 aromatic heterocycles. The Morgan fingerprint density at radius 2 is 1.56 bits per heavy atom. The molecule has 8 heteroatoms. The van der Waals surface area contributed by atoms with Crippen LogP contribution < -0.4 is 15.1 Å². The number of carbonyl (C=O) groups excluding carboxylic acids is 1. The largest absolute Gasteiger partial charge is 0.378 e. The molecule has 1 aromatic rings. The van der Waals surface area contributed by atoms with E-state index in [1.807, 2.05) is 31.7 Å². The molecule has 3 rings (SSSR count). The number of urea groups is 1. The number of ether oxygens (including phenoxy) is 1. The lowest BCUT2D eigenvalue weighted by molar-refractivity contribution is 0.122. The third-order valence-corrected chi connectivity index (χ3v) is 4.35. The highest BCUT2D eigenvalue weighted by Gasteiger charge is 2.25. The van der Waals surface area contributed by atoms with Crippen LogP contribution in [0.25, 0.3) is 0 Å². The van der Waals surface area contributed by atoms with E-state index in [2.05, 4.69) is 25.1 Å². The van der Waals surface area contributed by atoms with Crippen LogP contribution in [0.15, 0.2) is 12.4 Å². The summed E-state index contributed by atoms with van der Waals surface area (Å²) in [5.41, 5.74) is -0.214. The van der Waals surface area contributed by atoms with Gasteiger partial charge in [0.1, 0.15) is 18.0 Å². The van der Waals surface area contributed by atoms with Crippen molar-refractivity contribution < 1.29 is 9.53 Å². The summed E-state index contributed by atoms with van der Waals surface area (Å²) >= 11 is 0. The molecule has 138 valence electrons. The van der Waals surface area contributed by atoms with Gasteiger partial charge in [0.05, 0.1) is 13.2 Å². The number of aromatic nitrogens is 2. The fourth-order valence-electron chi connectivity index (χ4n) is 3.01. The molecule has 2 aliphatic heterocycles. The second-order valence-electron chi connectivity index (χ2n) is 7.49. The molecule has 1 N–H and O–H groups in total. The number of hydrogen-bond acceptors (Lipinski definition) is 6. The number of nitrogens with one attached hydrogen (secondary N) is 1. The molecule has 0 saturated carbocycles. The Hall–Kier alpha value is -2.09. The van der Waals surface area contributed by atoms with Crippen LogP contribution in [0.4, 0.5) is 16.4 Å². The predicted octanol–water partition coefficient (Wildman–Crippen LogP) is 0.943. The van der Waals surface area contributed by atoms with E-state index in [0.717, 1.165) is 51.0 Å². The van der Waals surface area contributed by atoms with Crippen molar-refractivity contribution in [2.45, 2.75) is 26.3 Å². The van der Waals surface area contributed by atoms with E-state index >= 15 is 0 Å². The normalized spacial score (nSPS) is 19.1. The number of piperazine rings is 1. The van der Waals surface area contributed by atoms with Gasteiger partial charge in [-0.15, -0.1) is 0 Å². The quantitative estimate of drug-likeness (QED) is 0.858. The van der Waals surface area contributed by atoms with Crippen molar-refractivity contribution in [3.8, 4) is 0 Å². The van der Waals surface area contributed by atoms with Crippen molar-refractivity contribution in [2.75, 3.05) is 62.3 Å². The summed E-state index contributed by atoms with van der Waals surface area (Å²) in [4.78, 5) is 27.4. The first-order valence-corrected chi connectivity index (χ1v) is 8.89. The molecule has 0 bridgehead atoms. The lowest BCUT2D eigenvalue weighted by Gasteiger charge is -2.37. The molecule has 0 aromatic carbocycles. The second kappa shape index (κ2) is 7.43. The van der Waals surface area contributed by atoms with Crippen LogP contribution in [0.3, 0.4) is 0 Å². The highest BCUT2D eigenvalue weighted by Crippen LogP contribution is 2.20. The molecular weight excluding hydrogens is 320 g/mol. The minimum absolute atomic E-state index is 0.00356. The molecule has 8 nitrogen and oxygen atoms in total. The van der Waals surface area contributed by atoms with E-state index in [0.29, 0.717) is 13.1 Å². The maximum absolute atomic E-state index is 12.3. The van der Waals surface area contributed by atoms with Crippen LogP contribution in [0.1, 0.15) is 20.8 Å². The Kier molecular flexibility index (Phi) is 5.27. The standard InChI is InChI=1S/C17H28N6O2/c1-17(2,3)20-16(24)23-6-4-21(5-7-23)14-12-15(19-13-18-14)22-8-10-25-11-9-22/h12-13H,4-11H2,1-3H3,(H,20,24). The zero-order chi connectivity index (χ0) is 17.9. The Bertz CT molecular complexity index is 589. The number of hydrogen-bond donors (Lipinski definition) is 1. The molecule has 0 unspecified atom stereocenters. The monoisotopic (exact) mass is 348 g/mol. The molecular formula is C17H28N6O2. The van der Waals surface area contributed by atoms with Crippen molar-refractivity contribution in [3.05, 3.63) is 12.4 Å². The molecule has 25 heavy (non-hydrogen) atoms. The molecule has 2 amide bonds. The summed E-state index contributed by atoms with van der Waals surface area (Å²) in [5, 5.41) is 3.02. The fraction of sp³-hybridized carbons (Fsp3) is 0.706. The van der Waals surface area contributed by atoms with Gasteiger partial charge < -0.3 is 24.8 Å². The molecule has 3 heterocycles. The van der Waals surface area contributed by atoms with Gasteiger partial charge in [-0.25, -0.2) is 14.8 Å². The Balaban J connectivity index is 1.58. The van der Waals surface area contributed by atoms with Gasteiger partial charge >= 0.3 is 6.03 Å². The van der Waals surface area contributed by atoms with Gasteiger partial charge in [-0.1, -0.05) is 0 Å². The first-order valence-electron chi connectivity index (χ1n) is 8.89. The number of morpholine rings is 1. The van der Waals surface area contributed by atoms with E-state index in [1.54, 1.807) is 6.33 Å². The molecule has 2 saturated heterocycles. The Morgan fingerprint density at radius 3 is 2.12 bits per heavy atom. The molecule has 0 aliphatic carbocycles. The average molecular weight is 348 g/mol. The smallest absolute Gasteiger partial charge is 0.317 e. The summed E-state index contributed by atoms with van der Waals surface area (Å²) < 4.78 is 5.40. The number of carbonyl (C=O) groups is 1. The highest BCUT2D eigenvalue weighted by atomic mass is 16.5. The minimum Gasteiger partial charge on any atom is -0.378 e. The Labute approximate surface area is 149 Å². The van der Waals surface area contributed by atoms with Gasteiger partial charge in [0.15, 0.2) is 0 Å². The maximum Gasteiger partial charge on any atom is 0.317 e. The van der Waals surface area contributed by atoms with Gasteiger partial charge in [0, 0.05) is 50.9 Å². The lowest BCUT2D eigenvalue weighted by Crippen LogP contribution is -2.55. The second-order valence-corrected chi connectivity index (χ2v) is 7.49. The first kappa shape index (κ1) is 17.7. The van der Waals surface area contributed by atoms with Crippen LogP contribution >= 0.6 is 0 Å². The fourth-order valence-corrected chi connectivity index (χ4v) is 3.01. The van der Waals surface area contributed by atoms with Gasteiger partial charge in [-0.05, 0) is 20.8 Å². The third kappa shape index (κ3) is 4.72. The van der Waals surface area contributed by atoms with E-state index in [-0.39, 0.29) is 11.6 Å². The third-order valence-electron chi connectivity index (χ3n) is 4.35. The van der Waals surface area contributed by atoms with E-state index in [4.69, 9.17) is 4.74 Å². The lowest BCUT2D eigenvalue weighted by atomic mass is 10.1. The van der Waals surface area contributed by atoms with Crippen LogP contribution in [-0.2, 0) is 4.74 Å². The summed E-state index contributed by atoms with van der Waals surface area (Å²) in [6.45, 7) is 12.1. The van der Waals surface area contributed by atoms with E-state index < -0.39 is 0 Å². The predicted molar refractivity (Wildman–Crippen MR) is 97.1 cm³/mol. The Morgan fingerprint density at radius 1 is 1.00 bits per heavy atom. The SMILES string of the molecule is CC(C)(C)NC(=O)N1CCN(c2cc(N3CCOCC3)ncn2)CC1. The van der Waals surface area contributed by atoms with Crippen LogP contribution in [0, 0.1) is 0 Å². The molecule has 2 aliphatic rings. The molecule has 2 fully saturated rings. The highest BCUT2D eigenvalue weighted by molar-refractivity contribution is 5.75. The molecule has 0 spiro atoms. The van der Waals surface area contributed by atoms with Gasteiger partial charge in [0.2, 0.25) is 0 Å². The van der Waals surface area contributed by atoms with E-state index in [9.17, 15) is 4.79 Å². The maximum atomic E-state index is 12.3. The van der Waals surface area contributed by atoms with Gasteiger partial charge in [-0.3, -0.25) is 0 Å². The van der Waals surface area contributed by atoms with Crippen molar-refractivity contribution >= 4 is 17.7 Å². The summed E-state index contributed by atoms with van der Waals surface area (Å²) in [6, 6.07) is 2.04. The average Bonchev–Trinajstić information content (AvgIpc) is 2.61. The van der Waals surface area contributed by atoms with Crippen molar-refractivity contribution in [3.63, 3.8) is 0 Å². The molecule has 0 radical (unpaired) electrons. The summed E-state index contributed by atoms with van der Waals surface area (Å²) in [7, 11) is 0. The van der Waals surface area contributed by atoms with Crippen LogP contribution in [-0.4, -0.2) is 78.9 Å². The van der Waals surface area contributed by atoms with Gasteiger partial charge in [-0.2, -0.15) is 0 Å². The zero-order valence-electron chi connectivity index (χ0n) is 15.4. The summed E-state index contributed by atoms with van der Waals surface area (Å²) in [6.07, 6.45) is 1.62.